The van der Waals surface area contributed by atoms with Crippen molar-refractivity contribution in [3.05, 3.63) is 0 Å². The SMILES string of the molecule is CC(C)(C)CC(F)(C(O)OCC(=O)OCC(F)(F)C(F)F)C(C)(C)C. The largest absolute Gasteiger partial charge is 0.457 e. The molecular weight excluding hydrogens is 351 g/mol. The first-order valence-electron chi connectivity index (χ1n) is 7.72. The highest BCUT2D eigenvalue weighted by molar-refractivity contribution is 5.70. The summed E-state index contributed by atoms with van der Waals surface area (Å²) in [4.78, 5) is 11.3. The van der Waals surface area contributed by atoms with E-state index in [-0.39, 0.29) is 6.42 Å². The number of rotatable bonds is 8. The maximum atomic E-state index is 15.4. The lowest BCUT2D eigenvalue weighted by atomic mass is 9.69. The molecule has 0 heterocycles. The lowest BCUT2D eigenvalue weighted by molar-refractivity contribution is -0.231. The van der Waals surface area contributed by atoms with Gasteiger partial charge in [0.1, 0.15) is 6.61 Å². The van der Waals surface area contributed by atoms with E-state index in [1.54, 1.807) is 20.8 Å². The molecule has 0 aliphatic heterocycles. The molecule has 0 radical (unpaired) electrons. The fraction of sp³-hybridized carbons (Fsp3) is 0.938. The van der Waals surface area contributed by atoms with Gasteiger partial charge in [0, 0.05) is 5.41 Å². The van der Waals surface area contributed by atoms with Crippen LogP contribution in [0, 0.1) is 10.8 Å². The number of halogens is 5. The third-order valence-electron chi connectivity index (χ3n) is 3.53. The zero-order chi connectivity index (χ0) is 20.3. The van der Waals surface area contributed by atoms with Crippen molar-refractivity contribution in [2.75, 3.05) is 13.2 Å². The number of carbonyl (C=O) groups is 1. The van der Waals surface area contributed by atoms with Gasteiger partial charge in [-0.3, -0.25) is 0 Å². The van der Waals surface area contributed by atoms with Gasteiger partial charge < -0.3 is 14.6 Å². The van der Waals surface area contributed by atoms with E-state index in [4.69, 9.17) is 4.74 Å². The summed E-state index contributed by atoms with van der Waals surface area (Å²) >= 11 is 0. The van der Waals surface area contributed by atoms with Crippen LogP contribution < -0.4 is 0 Å². The zero-order valence-corrected chi connectivity index (χ0v) is 15.3. The molecule has 0 saturated heterocycles. The van der Waals surface area contributed by atoms with Crippen molar-refractivity contribution in [2.24, 2.45) is 10.8 Å². The van der Waals surface area contributed by atoms with Crippen LogP contribution in [0.3, 0.4) is 0 Å². The molecule has 0 spiro atoms. The molecule has 0 bridgehead atoms. The summed E-state index contributed by atoms with van der Waals surface area (Å²) in [6.07, 6.45) is -6.13. The molecule has 9 heteroatoms. The van der Waals surface area contributed by atoms with E-state index in [1.807, 2.05) is 0 Å². The van der Waals surface area contributed by atoms with E-state index in [0.29, 0.717) is 0 Å². The fourth-order valence-electron chi connectivity index (χ4n) is 2.06. The van der Waals surface area contributed by atoms with Gasteiger partial charge in [-0.25, -0.2) is 18.0 Å². The van der Waals surface area contributed by atoms with Crippen LogP contribution in [0.5, 0.6) is 0 Å². The van der Waals surface area contributed by atoms with Crippen molar-refractivity contribution in [3.63, 3.8) is 0 Å². The van der Waals surface area contributed by atoms with Gasteiger partial charge in [-0.1, -0.05) is 41.5 Å². The maximum Gasteiger partial charge on any atom is 0.340 e. The summed E-state index contributed by atoms with van der Waals surface area (Å²) in [5, 5.41) is 10.1. The minimum atomic E-state index is -4.49. The molecule has 25 heavy (non-hydrogen) atoms. The highest BCUT2D eigenvalue weighted by Crippen LogP contribution is 2.45. The second-order valence-electron chi connectivity index (χ2n) is 8.24. The molecule has 0 saturated carbocycles. The summed E-state index contributed by atoms with van der Waals surface area (Å²) in [5.74, 6) is -5.90. The van der Waals surface area contributed by atoms with Crippen LogP contribution in [0.1, 0.15) is 48.0 Å². The molecule has 0 aromatic heterocycles. The van der Waals surface area contributed by atoms with E-state index in [9.17, 15) is 27.5 Å². The molecule has 150 valence electrons. The van der Waals surface area contributed by atoms with Crippen LogP contribution >= 0.6 is 0 Å². The molecule has 2 atom stereocenters. The Hall–Kier alpha value is -0.960. The Bertz CT molecular complexity index is 443. The lowest BCUT2D eigenvalue weighted by Crippen LogP contribution is -2.52. The Balaban J connectivity index is 4.83. The van der Waals surface area contributed by atoms with E-state index in [0.717, 1.165) is 0 Å². The van der Waals surface area contributed by atoms with Crippen LogP contribution in [0.25, 0.3) is 0 Å². The van der Waals surface area contributed by atoms with Gasteiger partial charge in [0.05, 0.1) is 0 Å². The summed E-state index contributed by atoms with van der Waals surface area (Å²) in [6, 6.07) is 0. The molecule has 0 aliphatic carbocycles. The molecule has 0 amide bonds. The van der Waals surface area contributed by atoms with Gasteiger partial charge in [-0.05, 0) is 11.8 Å². The van der Waals surface area contributed by atoms with Crippen LogP contribution in [-0.4, -0.2) is 48.6 Å². The van der Waals surface area contributed by atoms with Gasteiger partial charge in [-0.2, -0.15) is 8.78 Å². The zero-order valence-electron chi connectivity index (χ0n) is 15.3. The summed E-state index contributed by atoms with van der Waals surface area (Å²) in [7, 11) is 0. The number of ether oxygens (including phenoxy) is 2. The fourth-order valence-corrected chi connectivity index (χ4v) is 2.06. The van der Waals surface area contributed by atoms with Gasteiger partial charge >= 0.3 is 18.3 Å². The van der Waals surface area contributed by atoms with E-state index >= 15 is 4.39 Å². The van der Waals surface area contributed by atoms with Gasteiger partial charge in [-0.15, -0.1) is 0 Å². The van der Waals surface area contributed by atoms with Crippen LogP contribution in [0.2, 0.25) is 0 Å². The van der Waals surface area contributed by atoms with Crippen molar-refractivity contribution in [1.82, 2.24) is 0 Å². The van der Waals surface area contributed by atoms with Gasteiger partial charge in [0.15, 0.2) is 18.6 Å². The molecule has 0 rings (SSSR count). The minimum absolute atomic E-state index is 0.108. The predicted octanol–water partition coefficient (Wildman–Crippen LogP) is 3.96. The molecular formula is C16H27F5O4. The Kier molecular flexibility index (Phi) is 7.84. The summed E-state index contributed by atoms with van der Waals surface area (Å²) in [5.41, 5.74) is -3.84. The summed E-state index contributed by atoms with van der Waals surface area (Å²) < 4.78 is 73.3. The molecule has 0 aliphatic rings. The maximum absolute atomic E-state index is 15.4. The topological polar surface area (TPSA) is 55.8 Å². The van der Waals surface area contributed by atoms with Crippen molar-refractivity contribution in [1.29, 1.82) is 0 Å². The van der Waals surface area contributed by atoms with Crippen molar-refractivity contribution >= 4 is 5.97 Å². The third kappa shape index (κ3) is 7.43. The van der Waals surface area contributed by atoms with Crippen LogP contribution in [-0.2, 0) is 14.3 Å². The second kappa shape index (κ2) is 8.16. The van der Waals surface area contributed by atoms with Gasteiger partial charge in [0.25, 0.3) is 0 Å². The Labute approximate surface area is 144 Å². The smallest absolute Gasteiger partial charge is 0.340 e. The normalized spacial score (nSPS) is 17.3. The Morgan fingerprint density at radius 2 is 1.52 bits per heavy atom. The molecule has 2 unspecified atom stereocenters. The number of alkyl halides is 5. The predicted molar refractivity (Wildman–Crippen MR) is 81.2 cm³/mol. The lowest BCUT2D eigenvalue weighted by Gasteiger charge is -2.44. The monoisotopic (exact) mass is 378 g/mol. The summed E-state index contributed by atoms with van der Waals surface area (Å²) in [6.45, 7) is 6.98. The average molecular weight is 378 g/mol. The minimum Gasteiger partial charge on any atom is -0.457 e. The molecule has 0 aromatic carbocycles. The number of hydrogen-bond donors (Lipinski definition) is 1. The highest BCUT2D eigenvalue weighted by Gasteiger charge is 2.51. The van der Waals surface area contributed by atoms with Crippen LogP contribution in [0.15, 0.2) is 0 Å². The van der Waals surface area contributed by atoms with Crippen LogP contribution in [0.4, 0.5) is 22.0 Å². The first-order valence-corrected chi connectivity index (χ1v) is 7.72. The number of aliphatic hydroxyl groups is 1. The Morgan fingerprint density at radius 1 is 1.04 bits per heavy atom. The first-order chi connectivity index (χ1) is 10.9. The van der Waals surface area contributed by atoms with Crippen molar-refractivity contribution < 1.29 is 41.3 Å². The third-order valence-corrected chi connectivity index (χ3v) is 3.53. The van der Waals surface area contributed by atoms with Crippen molar-refractivity contribution in [3.8, 4) is 0 Å². The van der Waals surface area contributed by atoms with E-state index in [2.05, 4.69) is 4.74 Å². The Morgan fingerprint density at radius 3 is 1.88 bits per heavy atom. The standard InChI is InChI=1S/C16H27F5O4/c1-13(2,3)8-15(19,14(4,5)6)12(23)24-7-10(22)25-9-16(20,21)11(17)18/h11-12,23H,7-9H2,1-6H3. The highest BCUT2D eigenvalue weighted by atomic mass is 19.3. The second-order valence-corrected chi connectivity index (χ2v) is 8.24. The number of aliphatic hydroxyl groups excluding tert-OH is 1. The first kappa shape index (κ1) is 24.0. The number of carbonyl (C=O) groups excluding carboxylic acids is 1. The molecule has 0 fully saturated rings. The molecule has 0 aromatic rings. The molecule has 1 N–H and O–H groups in total. The van der Waals surface area contributed by atoms with E-state index in [1.165, 1.54) is 20.8 Å². The average Bonchev–Trinajstić information content (AvgIpc) is 2.39. The number of esters is 1. The van der Waals surface area contributed by atoms with Crippen molar-refractivity contribution in [2.45, 2.75) is 72.3 Å². The van der Waals surface area contributed by atoms with E-state index < -0.39 is 54.3 Å². The van der Waals surface area contributed by atoms with Gasteiger partial charge in [0.2, 0.25) is 0 Å². The number of hydrogen-bond acceptors (Lipinski definition) is 4. The quantitative estimate of drug-likeness (QED) is 0.395. The molecule has 4 nitrogen and oxygen atoms in total.